The van der Waals surface area contributed by atoms with Crippen LogP contribution in [0.15, 0.2) is 18.2 Å². The SMILES string of the molecule is [2H]C1([2H])CN(C([2H])([2H])[2H])CCc2[nH]c3cc(OC)ccc3c21. The maximum atomic E-state index is 8.38. The van der Waals surface area contributed by atoms with Gasteiger partial charge in [0, 0.05) is 49.0 Å². The molecule has 0 unspecified atom stereocenters. The number of benzene rings is 1. The van der Waals surface area contributed by atoms with Crippen molar-refractivity contribution < 1.29 is 11.6 Å². The average molecular weight is 235 g/mol. The fraction of sp³-hybridized carbons (Fsp3) is 0.429. The second kappa shape index (κ2) is 4.08. The van der Waals surface area contributed by atoms with Crippen LogP contribution in [0.2, 0.25) is 0 Å². The first kappa shape index (κ1) is 6.45. The second-order valence-electron chi connectivity index (χ2n) is 4.24. The van der Waals surface area contributed by atoms with E-state index in [9.17, 15) is 0 Å². The third kappa shape index (κ3) is 1.80. The van der Waals surface area contributed by atoms with Crippen LogP contribution in [0.4, 0.5) is 0 Å². The zero-order valence-corrected chi connectivity index (χ0v) is 9.71. The number of methoxy groups -OCH3 is 1. The minimum atomic E-state index is -2.28. The normalized spacial score (nSPS) is 24.9. The number of fused-ring (bicyclic) bond motifs is 3. The molecule has 1 aliphatic rings. The molecule has 0 amide bonds. The van der Waals surface area contributed by atoms with Crippen molar-refractivity contribution in [1.29, 1.82) is 0 Å². The van der Waals surface area contributed by atoms with Crippen molar-refractivity contribution in [2.45, 2.75) is 12.8 Å². The molecular weight excluding hydrogens is 212 g/mol. The van der Waals surface area contributed by atoms with Crippen molar-refractivity contribution in [2.75, 3.05) is 27.2 Å². The van der Waals surface area contributed by atoms with Gasteiger partial charge in [0.2, 0.25) is 0 Å². The summed E-state index contributed by atoms with van der Waals surface area (Å²) in [6.07, 6.45) is -1.25. The van der Waals surface area contributed by atoms with Crippen LogP contribution in [0.25, 0.3) is 10.9 Å². The van der Waals surface area contributed by atoms with Gasteiger partial charge in [-0.05, 0) is 31.0 Å². The highest BCUT2D eigenvalue weighted by molar-refractivity contribution is 5.86. The Morgan fingerprint density at radius 2 is 2.41 bits per heavy atom. The van der Waals surface area contributed by atoms with Gasteiger partial charge in [0.1, 0.15) is 5.75 Å². The molecule has 3 heteroatoms. The molecule has 90 valence electrons. The lowest BCUT2D eigenvalue weighted by Crippen LogP contribution is -2.21. The zero-order chi connectivity index (χ0) is 16.1. The van der Waals surface area contributed by atoms with E-state index in [1.54, 1.807) is 13.2 Å². The van der Waals surface area contributed by atoms with Gasteiger partial charge in [-0.3, -0.25) is 0 Å². The third-order valence-electron chi connectivity index (χ3n) is 3.16. The summed E-state index contributed by atoms with van der Waals surface area (Å²) in [6.45, 7) is -2.13. The number of ether oxygens (including phenoxy) is 1. The van der Waals surface area contributed by atoms with Gasteiger partial charge in [0.05, 0.1) is 7.11 Å². The molecule has 2 aromatic rings. The van der Waals surface area contributed by atoms with Gasteiger partial charge in [-0.15, -0.1) is 0 Å². The van der Waals surface area contributed by atoms with Crippen molar-refractivity contribution >= 4 is 10.9 Å². The fourth-order valence-electron chi connectivity index (χ4n) is 2.25. The quantitative estimate of drug-likeness (QED) is 0.821. The number of nitrogens with zero attached hydrogens (tertiary/aromatic N) is 1. The number of rotatable bonds is 1. The van der Waals surface area contributed by atoms with Gasteiger partial charge in [-0.1, -0.05) is 0 Å². The lowest BCUT2D eigenvalue weighted by Gasteiger charge is -2.11. The summed E-state index contributed by atoms with van der Waals surface area (Å²) in [4.78, 5) is 4.46. The van der Waals surface area contributed by atoms with Crippen LogP contribution >= 0.6 is 0 Å². The van der Waals surface area contributed by atoms with Gasteiger partial charge in [-0.25, -0.2) is 0 Å². The fourth-order valence-corrected chi connectivity index (χ4v) is 2.25. The number of likely N-dealkylation sites (N-methyl/N-ethyl adjacent to an activating group) is 1. The molecule has 0 saturated carbocycles. The van der Waals surface area contributed by atoms with E-state index in [4.69, 9.17) is 11.6 Å². The highest BCUT2D eigenvalue weighted by Crippen LogP contribution is 2.28. The van der Waals surface area contributed by atoms with Gasteiger partial charge in [-0.2, -0.15) is 0 Å². The van der Waals surface area contributed by atoms with Gasteiger partial charge < -0.3 is 14.6 Å². The molecule has 1 aromatic heterocycles. The van der Waals surface area contributed by atoms with Crippen LogP contribution in [-0.4, -0.2) is 37.1 Å². The summed E-state index contributed by atoms with van der Waals surface area (Å²) in [5.74, 6) is 0.702. The second-order valence-corrected chi connectivity index (χ2v) is 4.24. The highest BCUT2D eigenvalue weighted by atomic mass is 16.5. The maximum Gasteiger partial charge on any atom is 0.120 e. The molecule has 0 fully saturated rings. The first-order valence-electron chi connectivity index (χ1n) is 8.16. The Morgan fingerprint density at radius 1 is 1.47 bits per heavy atom. The maximum absolute atomic E-state index is 8.38. The molecule has 1 N–H and O–H groups in total. The van der Waals surface area contributed by atoms with E-state index in [2.05, 4.69) is 4.98 Å². The average Bonchev–Trinajstić information content (AvgIpc) is 2.73. The largest absolute Gasteiger partial charge is 0.497 e. The standard InChI is InChI=1S/C14H18N2O/c1-16-7-5-12-11-4-3-10(17-2)9-14(11)15-13(12)6-8-16/h3-4,9,15H,5-8H2,1-2H3/i1D3,5D2. The molecule has 1 aromatic carbocycles. The lowest BCUT2D eigenvalue weighted by molar-refractivity contribution is 0.352. The van der Waals surface area contributed by atoms with Crippen LogP contribution in [0, 0.1) is 0 Å². The van der Waals surface area contributed by atoms with Crippen molar-refractivity contribution in [3.05, 3.63) is 29.5 Å². The monoisotopic (exact) mass is 235 g/mol. The molecule has 0 atom stereocenters. The smallest absolute Gasteiger partial charge is 0.120 e. The lowest BCUT2D eigenvalue weighted by atomic mass is 10.1. The molecule has 0 aliphatic carbocycles. The number of hydrogen-bond acceptors (Lipinski definition) is 2. The van der Waals surface area contributed by atoms with E-state index in [0.717, 1.165) is 16.6 Å². The summed E-state index contributed by atoms with van der Waals surface area (Å²) < 4.78 is 44.6. The molecule has 0 bridgehead atoms. The van der Waals surface area contributed by atoms with Crippen LogP contribution in [0.3, 0.4) is 0 Å². The minimum absolute atomic E-state index is 0.143. The van der Waals surface area contributed by atoms with Gasteiger partial charge >= 0.3 is 0 Å². The highest BCUT2D eigenvalue weighted by Gasteiger charge is 2.16. The van der Waals surface area contributed by atoms with Crippen LogP contribution < -0.4 is 4.74 Å². The number of hydrogen-bond donors (Lipinski definition) is 1. The number of nitrogens with one attached hydrogen (secondary N) is 1. The zero-order valence-electron chi connectivity index (χ0n) is 14.7. The molecule has 17 heavy (non-hydrogen) atoms. The Hall–Kier alpha value is -1.48. The molecule has 1 aliphatic heterocycles. The van der Waals surface area contributed by atoms with E-state index >= 15 is 0 Å². The summed E-state index contributed by atoms with van der Waals surface area (Å²) in [6, 6.07) is 5.45. The number of H-pyrrole nitrogens is 1. The van der Waals surface area contributed by atoms with Crippen molar-refractivity contribution in [3.63, 3.8) is 0 Å². The summed E-state index contributed by atoms with van der Waals surface area (Å²) in [5.41, 5.74) is 2.15. The molecule has 3 rings (SSSR count). The Balaban J connectivity index is 2.10. The minimum Gasteiger partial charge on any atom is -0.497 e. The van der Waals surface area contributed by atoms with Gasteiger partial charge in [0.15, 0.2) is 0 Å². The van der Waals surface area contributed by atoms with E-state index in [1.165, 1.54) is 4.90 Å². The number of aromatic nitrogens is 1. The summed E-state index contributed by atoms with van der Waals surface area (Å²) >= 11 is 0. The molecule has 3 nitrogen and oxygen atoms in total. The van der Waals surface area contributed by atoms with Crippen molar-refractivity contribution in [1.82, 2.24) is 9.88 Å². The first-order chi connectivity index (χ1) is 10.2. The molecule has 0 radical (unpaired) electrons. The van der Waals surface area contributed by atoms with Gasteiger partial charge in [0.25, 0.3) is 0 Å². The Morgan fingerprint density at radius 3 is 3.24 bits per heavy atom. The summed E-state index contributed by atoms with van der Waals surface area (Å²) in [5, 5.41) is 0.785. The summed E-state index contributed by atoms with van der Waals surface area (Å²) in [7, 11) is 1.59. The molecule has 0 saturated heterocycles. The van der Waals surface area contributed by atoms with Crippen LogP contribution in [-0.2, 0) is 12.8 Å². The third-order valence-corrected chi connectivity index (χ3v) is 3.16. The van der Waals surface area contributed by atoms with Crippen molar-refractivity contribution in [2.24, 2.45) is 0 Å². The van der Waals surface area contributed by atoms with E-state index in [-0.39, 0.29) is 6.54 Å². The Labute approximate surface area is 108 Å². The van der Waals surface area contributed by atoms with E-state index < -0.39 is 13.3 Å². The number of aromatic amines is 1. The molecule has 0 spiro atoms. The Kier molecular flexibility index (Phi) is 1.55. The van der Waals surface area contributed by atoms with E-state index in [0.29, 0.717) is 24.3 Å². The first-order valence-corrected chi connectivity index (χ1v) is 5.66. The Bertz CT molecular complexity index is 707. The predicted octanol–water partition coefficient (Wildman–Crippen LogP) is 2.21. The predicted molar refractivity (Wildman–Crippen MR) is 69.8 cm³/mol. The topological polar surface area (TPSA) is 28.3 Å². The molecular formula is C14H18N2O. The molecule has 2 heterocycles. The van der Waals surface area contributed by atoms with E-state index in [1.807, 2.05) is 12.1 Å². The van der Waals surface area contributed by atoms with Crippen LogP contribution in [0.5, 0.6) is 5.75 Å². The van der Waals surface area contributed by atoms with Crippen molar-refractivity contribution in [3.8, 4) is 5.75 Å². The van der Waals surface area contributed by atoms with Crippen LogP contribution in [0.1, 0.15) is 18.1 Å².